The molecule has 0 atom stereocenters. The van der Waals surface area contributed by atoms with Crippen LogP contribution in [0.2, 0.25) is 0 Å². The average molecular weight is 298 g/mol. The summed E-state index contributed by atoms with van der Waals surface area (Å²) in [4.78, 5) is 24.2. The van der Waals surface area contributed by atoms with E-state index in [1.54, 1.807) is 30.0 Å². The van der Waals surface area contributed by atoms with Crippen LogP contribution in [0.25, 0.3) is 0 Å². The number of amides is 1. The van der Waals surface area contributed by atoms with Crippen molar-refractivity contribution in [2.45, 2.75) is 19.4 Å². The van der Waals surface area contributed by atoms with Crippen LogP contribution in [0, 0.1) is 5.92 Å². The number of pyridine rings is 1. The van der Waals surface area contributed by atoms with E-state index in [0.717, 1.165) is 24.2 Å². The number of carbonyl (C=O) groups is 1. The largest absolute Gasteiger partial charge is 0.497 e. The smallest absolute Gasteiger partial charge is 0.274 e. The Hall–Kier alpha value is -2.56. The minimum Gasteiger partial charge on any atom is -0.497 e. The lowest BCUT2D eigenvalue weighted by atomic mass is 10.2. The van der Waals surface area contributed by atoms with Crippen molar-refractivity contribution in [3.63, 3.8) is 0 Å². The first-order chi connectivity index (χ1) is 10.7. The third-order valence-corrected chi connectivity index (χ3v) is 3.71. The summed E-state index contributed by atoms with van der Waals surface area (Å²) in [5.74, 6) is 0.770. The van der Waals surface area contributed by atoms with Gasteiger partial charge in [-0.2, -0.15) is 0 Å². The Morgan fingerprint density at radius 2 is 2.14 bits per heavy atom. The second-order valence-electron chi connectivity index (χ2n) is 5.47. The first-order valence-corrected chi connectivity index (χ1v) is 7.30. The first-order valence-electron chi connectivity index (χ1n) is 7.30. The molecular formula is C17H18N2O3. The quantitative estimate of drug-likeness (QED) is 0.921. The van der Waals surface area contributed by atoms with Crippen molar-refractivity contribution >= 4 is 11.6 Å². The standard InChI is InChI=1S/C17H18N2O3/c1-22-14-5-2-4-12(10-14)11-19-9-3-6-15(17(19)21)18-16(20)13-7-8-13/h2-6,9-10,13H,7-8,11H2,1H3,(H,18,20). The number of benzene rings is 1. The van der Waals surface area contributed by atoms with Gasteiger partial charge in [0, 0.05) is 12.1 Å². The molecule has 5 nitrogen and oxygen atoms in total. The van der Waals surface area contributed by atoms with Crippen LogP contribution in [0.3, 0.4) is 0 Å². The summed E-state index contributed by atoms with van der Waals surface area (Å²) < 4.78 is 6.77. The Kier molecular flexibility index (Phi) is 3.96. The molecule has 3 rings (SSSR count). The Bertz CT molecular complexity index is 748. The molecule has 1 aliphatic rings. The van der Waals surface area contributed by atoms with Crippen LogP contribution in [-0.2, 0) is 11.3 Å². The molecule has 1 aromatic carbocycles. The van der Waals surface area contributed by atoms with Crippen molar-refractivity contribution in [1.82, 2.24) is 4.57 Å². The summed E-state index contributed by atoms with van der Waals surface area (Å²) in [6.45, 7) is 0.434. The number of nitrogens with zero attached hydrogens (tertiary/aromatic N) is 1. The van der Waals surface area contributed by atoms with Crippen molar-refractivity contribution in [2.24, 2.45) is 5.92 Å². The van der Waals surface area contributed by atoms with Gasteiger partial charge in [0.25, 0.3) is 5.56 Å². The van der Waals surface area contributed by atoms with Crippen molar-refractivity contribution in [2.75, 3.05) is 12.4 Å². The fraction of sp³-hybridized carbons (Fsp3) is 0.294. The molecule has 1 fully saturated rings. The van der Waals surface area contributed by atoms with Gasteiger partial charge in [0.1, 0.15) is 11.4 Å². The van der Waals surface area contributed by atoms with Gasteiger partial charge in [0.15, 0.2) is 0 Å². The molecule has 1 aliphatic carbocycles. The predicted molar refractivity (Wildman–Crippen MR) is 84.2 cm³/mol. The summed E-state index contributed by atoms with van der Waals surface area (Å²) in [5.41, 5.74) is 1.11. The van der Waals surface area contributed by atoms with Crippen molar-refractivity contribution in [1.29, 1.82) is 0 Å². The van der Waals surface area contributed by atoms with Gasteiger partial charge in [-0.05, 0) is 42.7 Å². The van der Waals surface area contributed by atoms with Crippen LogP contribution in [0.5, 0.6) is 5.75 Å². The van der Waals surface area contributed by atoms with Gasteiger partial charge in [0.2, 0.25) is 5.91 Å². The number of hydrogen-bond acceptors (Lipinski definition) is 3. The van der Waals surface area contributed by atoms with Gasteiger partial charge in [-0.25, -0.2) is 0 Å². The van der Waals surface area contributed by atoms with Crippen molar-refractivity contribution in [3.8, 4) is 5.75 Å². The van der Waals surface area contributed by atoms with E-state index >= 15 is 0 Å². The van der Waals surface area contributed by atoms with Gasteiger partial charge in [-0.15, -0.1) is 0 Å². The fourth-order valence-corrected chi connectivity index (χ4v) is 2.30. The highest BCUT2D eigenvalue weighted by Crippen LogP contribution is 2.29. The summed E-state index contributed by atoms with van der Waals surface area (Å²) in [5, 5.41) is 2.72. The number of methoxy groups -OCH3 is 1. The molecule has 0 radical (unpaired) electrons. The van der Waals surface area contributed by atoms with E-state index in [0.29, 0.717) is 12.2 Å². The number of hydrogen-bond donors (Lipinski definition) is 1. The van der Waals surface area contributed by atoms with Crippen LogP contribution in [0.4, 0.5) is 5.69 Å². The Morgan fingerprint density at radius 3 is 2.86 bits per heavy atom. The maximum Gasteiger partial charge on any atom is 0.274 e. The van der Waals surface area contributed by atoms with Gasteiger partial charge in [0.05, 0.1) is 13.7 Å². The first kappa shape index (κ1) is 14.4. The molecule has 0 aliphatic heterocycles. The maximum absolute atomic E-state index is 12.4. The summed E-state index contributed by atoms with van der Waals surface area (Å²) in [6, 6.07) is 11.0. The molecule has 114 valence electrons. The second-order valence-corrected chi connectivity index (χ2v) is 5.47. The number of ether oxygens (including phenoxy) is 1. The van der Waals surface area contributed by atoms with E-state index in [-0.39, 0.29) is 17.4 Å². The molecule has 0 saturated heterocycles. The third kappa shape index (κ3) is 3.19. The highest BCUT2D eigenvalue weighted by Gasteiger charge is 2.30. The van der Waals surface area contributed by atoms with Gasteiger partial charge >= 0.3 is 0 Å². The minimum atomic E-state index is -0.195. The molecule has 22 heavy (non-hydrogen) atoms. The van der Waals surface area contributed by atoms with Crippen LogP contribution < -0.4 is 15.6 Å². The zero-order valence-electron chi connectivity index (χ0n) is 12.4. The fourth-order valence-electron chi connectivity index (χ4n) is 2.30. The van der Waals surface area contributed by atoms with Crippen LogP contribution in [0.1, 0.15) is 18.4 Å². The summed E-state index contributed by atoms with van der Waals surface area (Å²) in [6.07, 6.45) is 3.54. The van der Waals surface area contributed by atoms with E-state index in [1.807, 2.05) is 24.3 Å². The SMILES string of the molecule is COc1cccc(Cn2cccc(NC(=O)C3CC3)c2=O)c1. The van der Waals surface area contributed by atoms with Crippen LogP contribution in [-0.4, -0.2) is 17.6 Å². The average Bonchev–Trinajstić information content (AvgIpc) is 3.36. The number of aromatic nitrogens is 1. The molecule has 0 spiro atoms. The highest BCUT2D eigenvalue weighted by atomic mass is 16.5. The number of nitrogens with one attached hydrogen (secondary N) is 1. The second kappa shape index (κ2) is 6.05. The van der Waals surface area contributed by atoms with E-state index in [9.17, 15) is 9.59 Å². The zero-order valence-corrected chi connectivity index (χ0v) is 12.4. The Morgan fingerprint density at radius 1 is 1.32 bits per heavy atom. The van der Waals surface area contributed by atoms with Gasteiger partial charge in [-0.1, -0.05) is 12.1 Å². The lowest BCUT2D eigenvalue weighted by Gasteiger charge is -2.10. The molecule has 1 amide bonds. The van der Waals surface area contributed by atoms with Crippen LogP contribution in [0.15, 0.2) is 47.4 Å². The number of rotatable bonds is 5. The van der Waals surface area contributed by atoms with E-state index in [4.69, 9.17) is 4.74 Å². The third-order valence-electron chi connectivity index (χ3n) is 3.71. The predicted octanol–water partition coefficient (Wildman–Crippen LogP) is 2.25. The van der Waals surface area contributed by atoms with Gasteiger partial charge < -0.3 is 14.6 Å². The normalized spacial score (nSPS) is 13.7. The molecule has 2 aromatic rings. The molecule has 1 N–H and O–H groups in total. The van der Waals surface area contributed by atoms with E-state index < -0.39 is 0 Å². The molecular weight excluding hydrogens is 280 g/mol. The Labute approximate surface area is 128 Å². The van der Waals surface area contributed by atoms with Crippen molar-refractivity contribution in [3.05, 3.63) is 58.5 Å². The minimum absolute atomic E-state index is 0.0590. The zero-order chi connectivity index (χ0) is 15.5. The molecule has 5 heteroatoms. The highest BCUT2D eigenvalue weighted by molar-refractivity contribution is 5.93. The van der Waals surface area contributed by atoms with Crippen LogP contribution >= 0.6 is 0 Å². The van der Waals surface area contributed by atoms with Gasteiger partial charge in [-0.3, -0.25) is 9.59 Å². The molecule has 0 unspecified atom stereocenters. The number of carbonyl (C=O) groups excluding carboxylic acids is 1. The molecule has 0 bridgehead atoms. The number of anilines is 1. The van der Waals surface area contributed by atoms with E-state index in [1.165, 1.54) is 0 Å². The maximum atomic E-state index is 12.4. The monoisotopic (exact) mass is 298 g/mol. The molecule has 1 heterocycles. The lowest BCUT2D eigenvalue weighted by molar-refractivity contribution is -0.117. The van der Waals surface area contributed by atoms with Crippen molar-refractivity contribution < 1.29 is 9.53 Å². The molecule has 1 aromatic heterocycles. The lowest BCUT2D eigenvalue weighted by Crippen LogP contribution is -2.26. The molecule has 1 saturated carbocycles. The van der Waals surface area contributed by atoms with E-state index in [2.05, 4.69) is 5.32 Å². The summed E-state index contributed by atoms with van der Waals surface area (Å²) >= 11 is 0. The summed E-state index contributed by atoms with van der Waals surface area (Å²) in [7, 11) is 1.61. The topological polar surface area (TPSA) is 60.3 Å². The Balaban J connectivity index is 1.81.